The molecule has 1 rings (SSSR count). The summed E-state index contributed by atoms with van der Waals surface area (Å²) in [7, 11) is 0. The number of rotatable bonds is 3. The Labute approximate surface area is 87.7 Å². The van der Waals surface area contributed by atoms with E-state index in [1.807, 2.05) is 6.92 Å². The van der Waals surface area contributed by atoms with Gasteiger partial charge in [0.2, 0.25) is 0 Å². The van der Waals surface area contributed by atoms with Gasteiger partial charge in [0.05, 0.1) is 12.0 Å². The molecule has 0 saturated heterocycles. The summed E-state index contributed by atoms with van der Waals surface area (Å²) in [5.41, 5.74) is 0.492. The lowest BCUT2D eigenvalue weighted by Crippen LogP contribution is -2.39. The summed E-state index contributed by atoms with van der Waals surface area (Å²) in [6.45, 7) is 7.50. The van der Waals surface area contributed by atoms with Gasteiger partial charge < -0.3 is 5.32 Å². The van der Waals surface area contributed by atoms with Crippen LogP contribution in [0.4, 0.5) is 0 Å². The van der Waals surface area contributed by atoms with Crippen LogP contribution in [-0.2, 0) is 0 Å². The third-order valence-electron chi connectivity index (χ3n) is 3.14. The predicted molar refractivity (Wildman–Crippen MR) is 58.8 cm³/mol. The zero-order valence-electron chi connectivity index (χ0n) is 9.64. The van der Waals surface area contributed by atoms with Crippen molar-refractivity contribution in [2.75, 3.05) is 6.54 Å². The molecule has 2 atom stereocenters. The molecule has 1 saturated carbocycles. The highest BCUT2D eigenvalue weighted by molar-refractivity contribution is 4.86. The van der Waals surface area contributed by atoms with Crippen LogP contribution >= 0.6 is 0 Å². The van der Waals surface area contributed by atoms with E-state index in [0.29, 0.717) is 11.5 Å². The first-order valence-corrected chi connectivity index (χ1v) is 5.66. The van der Waals surface area contributed by atoms with E-state index in [1.54, 1.807) is 0 Å². The molecular weight excluding hydrogens is 172 g/mol. The van der Waals surface area contributed by atoms with Crippen molar-refractivity contribution < 1.29 is 0 Å². The fourth-order valence-corrected chi connectivity index (χ4v) is 2.26. The van der Waals surface area contributed by atoms with Gasteiger partial charge in [0, 0.05) is 12.6 Å². The van der Waals surface area contributed by atoms with Gasteiger partial charge in [0.15, 0.2) is 0 Å². The van der Waals surface area contributed by atoms with Crippen LogP contribution in [0, 0.1) is 22.7 Å². The molecule has 14 heavy (non-hydrogen) atoms. The molecule has 0 amide bonds. The van der Waals surface area contributed by atoms with Crippen molar-refractivity contribution in [2.45, 2.75) is 52.5 Å². The lowest BCUT2D eigenvalue weighted by atomic mass is 9.75. The van der Waals surface area contributed by atoms with Crippen LogP contribution in [0.15, 0.2) is 0 Å². The van der Waals surface area contributed by atoms with Crippen molar-refractivity contribution in [3.63, 3.8) is 0 Å². The van der Waals surface area contributed by atoms with E-state index in [2.05, 4.69) is 25.2 Å². The minimum Gasteiger partial charge on any atom is -0.313 e. The van der Waals surface area contributed by atoms with Crippen LogP contribution in [0.2, 0.25) is 0 Å². The Morgan fingerprint density at radius 2 is 2.29 bits per heavy atom. The SMILES string of the molecule is CC(C#N)CNC1CCCC(C)(C)C1. The van der Waals surface area contributed by atoms with E-state index in [-0.39, 0.29) is 5.92 Å². The van der Waals surface area contributed by atoms with Crippen molar-refractivity contribution >= 4 is 0 Å². The van der Waals surface area contributed by atoms with Crippen LogP contribution in [0.1, 0.15) is 46.5 Å². The first kappa shape index (κ1) is 11.5. The Hall–Kier alpha value is -0.550. The van der Waals surface area contributed by atoms with Gasteiger partial charge >= 0.3 is 0 Å². The highest BCUT2D eigenvalue weighted by Crippen LogP contribution is 2.34. The molecule has 0 heterocycles. The minimum atomic E-state index is 0.139. The first-order valence-electron chi connectivity index (χ1n) is 5.66. The fraction of sp³-hybridized carbons (Fsp3) is 0.917. The number of hydrogen-bond acceptors (Lipinski definition) is 2. The molecule has 0 aromatic carbocycles. The van der Waals surface area contributed by atoms with E-state index in [4.69, 9.17) is 5.26 Å². The summed E-state index contributed by atoms with van der Waals surface area (Å²) in [5.74, 6) is 0.139. The second kappa shape index (κ2) is 4.79. The van der Waals surface area contributed by atoms with Crippen molar-refractivity contribution in [3.05, 3.63) is 0 Å². The van der Waals surface area contributed by atoms with E-state index >= 15 is 0 Å². The molecule has 0 aliphatic heterocycles. The number of nitrogens with zero attached hydrogens (tertiary/aromatic N) is 1. The van der Waals surface area contributed by atoms with E-state index in [9.17, 15) is 0 Å². The van der Waals surface area contributed by atoms with Crippen molar-refractivity contribution in [1.29, 1.82) is 5.26 Å². The van der Waals surface area contributed by atoms with E-state index in [1.165, 1.54) is 25.7 Å². The average Bonchev–Trinajstić information content (AvgIpc) is 2.12. The molecule has 1 fully saturated rings. The van der Waals surface area contributed by atoms with E-state index < -0.39 is 0 Å². The molecule has 0 aromatic heterocycles. The lowest BCUT2D eigenvalue weighted by molar-refractivity contribution is 0.197. The highest BCUT2D eigenvalue weighted by atomic mass is 14.9. The van der Waals surface area contributed by atoms with Gasteiger partial charge in [0.25, 0.3) is 0 Å². The third kappa shape index (κ3) is 3.67. The number of hydrogen-bond donors (Lipinski definition) is 1. The second-order valence-corrected chi connectivity index (χ2v) is 5.40. The summed E-state index contributed by atoms with van der Waals surface area (Å²) in [5, 5.41) is 12.2. The monoisotopic (exact) mass is 194 g/mol. The molecule has 1 N–H and O–H groups in total. The Kier molecular flexibility index (Phi) is 3.95. The largest absolute Gasteiger partial charge is 0.313 e. The van der Waals surface area contributed by atoms with Crippen LogP contribution in [-0.4, -0.2) is 12.6 Å². The minimum absolute atomic E-state index is 0.139. The standard InChI is InChI=1S/C12H22N2/c1-10(8-13)9-14-11-5-4-6-12(2,3)7-11/h10-11,14H,4-7,9H2,1-3H3. The average molecular weight is 194 g/mol. The van der Waals surface area contributed by atoms with Crippen LogP contribution in [0.5, 0.6) is 0 Å². The summed E-state index contributed by atoms with van der Waals surface area (Å²) in [6.07, 6.45) is 5.21. The van der Waals surface area contributed by atoms with Gasteiger partial charge in [-0.25, -0.2) is 0 Å². The Balaban J connectivity index is 2.28. The quantitative estimate of drug-likeness (QED) is 0.750. The van der Waals surface area contributed by atoms with Crippen molar-refractivity contribution in [2.24, 2.45) is 11.3 Å². The maximum absolute atomic E-state index is 8.68. The second-order valence-electron chi connectivity index (χ2n) is 5.40. The van der Waals surface area contributed by atoms with Gasteiger partial charge in [0.1, 0.15) is 0 Å². The van der Waals surface area contributed by atoms with Crippen LogP contribution in [0.3, 0.4) is 0 Å². The molecule has 1 aliphatic rings. The number of nitrogens with one attached hydrogen (secondary N) is 1. The maximum Gasteiger partial charge on any atom is 0.0666 e. The van der Waals surface area contributed by atoms with Gasteiger partial charge in [-0.2, -0.15) is 5.26 Å². The summed E-state index contributed by atoms with van der Waals surface area (Å²) >= 11 is 0. The van der Waals surface area contributed by atoms with Crippen LogP contribution < -0.4 is 5.32 Å². The predicted octanol–water partition coefficient (Wildman–Crippen LogP) is 2.70. The molecule has 2 nitrogen and oxygen atoms in total. The molecule has 0 radical (unpaired) electrons. The zero-order valence-corrected chi connectivity index (χ0v) is 9.64. The maximum atomic E-state index is 8.68. The third-order valence-corrected chi connectivity index (χ3v) is 3.14. The van der Waals surface area contributed by atoms with Crippen molar-refractivity contribution in [1.82, 2.24) is 5.32 Å². The van der Waals surface area contributed by atoms with Gasteiger partial charge in [-0.05, 0) is 31.6 Å². The Morgan fingerprint density at radius 1 is 1.57 bits per heavy atom. The first-order chi connectivity index (χ1) is 6.53. The topological polar surface area (TPSA) is 35.8 Å². The zero-order chi connectivity index (χ0) is 10.6. The normalized spacial score (nSPS) is 28.0. The van der Waals surface area contributed by atoms with Gasteiger partial charge in [-0.15, -0.1) is 0 Å². The Bertz CT molecular complexity index is 215. The van der Waals surface area contributed by atoms with Crippen LogP contribution in [0.25, 0.3) is 0 Å². The van der Waals surface area contributed by atoms with Gasteiger partial charge in [-0.1, -0.05) is 20.3 Å². The van der Waals surface area contributed by atoms with E-state index in [0.717, 1.165) is 6.54 Å². The highest BCUT2D eigenvalue weighted by Gasteiger charge is 2.27. The van der Waals surface area contributed by atoms with Crippen molar-refractivity contribution in [3.8, 4) is 6.07 Å². The lowest BCUT2D eigenvalue weighted by Gasteiger charge is -2.35. The summed E-state index contributed by atoms with van der Waals surface area (Å²) < 4.78 is 0. The van der Waals surface area contributed by atoms with Gasteiger partial charge in [-0.3, -0.25) is 0 Å². The molecule has 0 aromatic rings. The number of nitriles is 1. The summed E-state index contributed by atoms with van der Waals surface area (Å²) in [6, 6.07) is 2.90. The fourth-order valence-electron chi connectivity index (χ4n) is 2.26. The molecule has 1 aliphatic carbocycles. The molecule has 0 bridgehead atoms. The molecule has 0 spiro atoms. The summed E-state index contributed by atoms with van der Waals surface area (Å²) in [4.78, 5) is 0. The smallest absolute Gasteiger partial charge is 0.0666 e. The Morgan fingerprint density at radius 3 is 2.86 bits per heavy atom. The molecular formula is C12H22N2. The molecule has 2 heteroatoms. The molecule has 80 valence electrons. The molecule has 2 unspecified atom stereocenters.